The molecule has 6 heteroatoms. The molecule has 1 amide bonds. The second-order valence-electron chi connectivity index (χ2n) is 3.67. The maximum atomic E-state index is 11.8. The van der Waals surface area contributed by atoms with Gasteiger partial charge in [0.05, 0.1) is 15.0 Å². The highest BCUT2D eigenvalue weighted by atomic mass is 35.5. The number of amides is 1. The van der Waals surface area contributed by atoms with Crippen molar-refractivity contribution in [1.82, 2.24) is 5.32 Å². The molecule has 0 fully saturated rings. The summed E-state index contributed by atoms with van der Waals surface area (Å²) in [6.45, 7) is 1.83. The van der Waals surface area contributed by atoms with Crippen LogP contribution in [0.5, 0.6) is 0 Å². The smallest absolute Gasteiger partial charge is 0.251 e. The fourth-order valence-corrected chi connectivity index (χ4v) is 1.85. The first-order chi connectivity index (χ1) is 7.90. The average Bonchev–Trinajstić information content (AvgIpc) is 2.20. The van der Waals surface area contributed by atoms with Crippen molar-refractivity contribution in [2.45, 2.75) is 19.4 Å². The second-order valence-corrected chi connectivity index (χ2v) is 5.01. The molecule has 0 aromatic heterocycles. The van der Waals surface area contributed by atoms with Gasteiger partial charge in [0.1, 0.15) is 0 Å². The van der Waals surface area contributed by atoms with Crippen LogP contribution >= 0.6 is 35.4 Å². The van der Waals surface area contributed by atoms with E-state index in [9.17, 15) is 4.79 Å². The topological polar surface area (TPSA) is 55.1 Å². The molecule has 0 radical (unpaired) electrons. The number of thiocarbonyl (C=S) groups is 1. The molecule has 1 rings (SSSR count). The number of nitrogens with one attached hydrogen (secondary N) is 1. The van der Waals surface area contributed by atoms with Gasteiger partial charge in [-0.25, -0.2) is 0 Å². The Labute approximate surface area is 115 Å². The van der Waals surface area contributed by atoms with Crippen molar-refractivity contribution in [2.24, 2.45) is 5.73 Å². The fourth-order valence-electron chi connectivity index (χ4n) is 1.30. The maximum absolute atomic E-state index is 11.8. The van der Waals surface area contributed by atoms with Gasteiger partial charge in [-0.3, -0.25) is 4.79 Å². The van der Waals surface area contributed by atoms with Gasteiger partial charge < -0.3 is 11.1 Å². The molecule has 0 aliphatic rings. The van der Waals surface area contributed by atoms with E-state index in [1.54, 1.807) is 12.1 Å². The van der Waals surface area contributed by atoms with Crippen molar-refractivity contribution in [3.8, 4) is 0 Å². The number of carbonyl (C=O) groups excluding carboxylic acids is 1. The molecule has 1 atom stereocenters. The molecule has 1 aromatic rings. The van der Waals surface area contributed by atoms with Gasteiger partial charge in [0.25, 0.3) is 5.91 Å². The first kappa shape index (κ1) is 14.2. The maximum Gasteiger partial charge on any atom is 0.251 e. The molecule has 0 bridgehead atoms. The van der Waals surface area contributed by atoms with E-state index in [0.717, 1.165) is 0 Å². The molecule has 0 saturated heterocycles. The summed E-state index contributed by atoms with van der Waals surface area (Å²) in [6, 6.07) is 4.59. The Bertz CT molecular complexity index is 451. The van der Waals surface area contributed by atoms with E-state index in [-0.39, 0.29) is 11.9 Å². The Balaban J connectivity index is 2.70. The van der Waals surface area contributed by atoms with Crippen LogP contribution in [0.4, 0.5) is 0 Å². The summed E-state index contributed by atoms with van der Waals surface area (Å²) in [5.41, 5.74) is 5.85. The van der Waals surface area contributed by atoms with Gasteiger partial charge in [-0.05, 0) is 25.1 Å². The van der Waals surface area contributed by atoms with Crippen LogP contribution in [0.3, 0.4) is 0 Å². The lowest BCUT2D eigenvalue weighted by Crippen LogP contribution is -2.35. The molecular formula is C11H12Cl2N2OS. The van der Waals surface area contributed by atoms with Crippen LogP contribution in [0.1, 0.15) is 23.7 Å². The molecule has 0 aliphatic heterocycles. The highest BCUT2D eigenvalue weighted by Gasteiger charge is 2.11. The largest absolute Gasteiger partial charge is 0.393 e. The van der Waals surface area contributed by atoms with E-state index in [2.05, 4.69) is 5.32 Å². The van der Waals surface area contributed by atoms with Crippen LogP contribution < -0.4 is 11.1 Å². The van der Waals surface area contributed by atoms with Gasteiger partial charge in [0.2, 0.25) is 0 Å². The molecule has 0 spiro atoms. The van der Waals surface area contributed by atoms with Crippen molar-refractivity contribution < 1.29 is 4.79 Å². The third-order valence-electron chi connectivity index (χ3n) is 2.07. The highest BCUT2D eigenvalue weighted by molar-refractivity contribution is 7.80. The number of halogens is 2. The Morgan fingerprint density at radius 1 is 1.47 bits per heavy atom. The van der Waals surface area contributed by atoms with Gasteiger partial charge in [0.15, 0.2) is 0 Å². The third kappa shape index (κ3) is 4.50. The molecule has 17 heavy (non-hydrogen) atoms. The van der Waals surface area contributed by atoms with Crippen LogP contribution in [0.25, 0.3) is 0 Å². The lowest BCUT2D eigenvalue weighted by Gasteiger charge is -2.13. The van der Waals surface area contributed by atoms with E-state index in [1.165, 1.54) is 6.07 Å². The summed E-state index contributed by atoms with van der Waals surface area (Å²) in [5, 5.41) is 3.53. The summed E-state index contributed by atoms with van der Waals surface area (Å²) in [5.74, 6) is -0.229. The van der Waals surface area contributed by atoms with Crippen molar-refractivity contribution in [3.63, 3.8) is 0 Å². The van der Waals surface area contributed by atoms with Crippen molar-refractivity contribution in [2.75, 3.05) is 0 Å². The molecule has 92 valence electrons. The Morgan fingerprint density at radius 3 is 2.65 bits per heavy atom. The zero-order valence-electron chi connectivity index (χ0n) is 9.17. The molecule has 1 unspecified atom stereocenters. The molecule has 3 N–H and O–H groups in total. The zero-order valence-corrected chi connectivity index (χ0v) is 11.5. The quantitative estimate of drug-likeness (QED) is 0.839. The number of hydrogen-bond acceptors (Lipinski definition) is 2. The van der Waals surface area contributed by atoms with Gasteiger partial charge >= 0.3 is 0 Å². The van der Waals surface area contributed by atoms with Crippen LogP contribution in [-0.2, 0) is 0 Å². The van der Waals surface area contributed by atoms with Gasteiger partial charge in [-0.2, -0.15) is 0 Å². The molecule has 0 heterocycles. The zero-order chi connectivity index (χ0) is 13.0. The molecule has 1 aromatic carbocycles. The summed E-state index contributed by atoms with van der Waals surface area (Å²) >= 11 is 16.4. The predicted octanol–water partition coefficient (Wildman–Crippen LogP) is 2.79. The average molecular weight is 291 g/mol. The number of carbonyl (C=O) groups is 1. The van der Waals surface area contributed by atoms with Crippen molar-refractivity contribution >= 4 is 46.3 Å². The minimum Gasteiger partial charge on any atom is -0.393 e. The van der Waals surface area contributed by atoms with Crippen molar-refractivity contribution in [3.05, 3.63) is 33.8 Å². The first-order valence-corrected chi connectivity index (χ1v) is 6.10. The predicted molar refractivity (Wildman–Crippen MR) is 74.8 cm³/mol. The van der Waals surface area contributed by atoms with E-state index in [1.807, 2.05) is 6.92 Å². The second kappa shape index (κ2) is 6.19. The Kier molecular flexibility index (Phi) is 5.18. The number of benzene rings is 1. The first-order valence-electron chi connectivity index (χ1n) is 4.94. The molecule has 0 aliphatic carbocycles. The summed E-state index contributed by atoms with van der Waals surface area (Å²) in [4.78, 5) is 12.2. The van der Waals surface area contributed by atoms with E-state index < -0.39 is 0 Å². The number of rotatable bonds is 4. The van der Waals surface area contributed by atoms with Crippen LogP contribution in [0.2, 0.25) is 10.0 Å². The SMILES string of the molecule is CC(CC(N)=S)NC(=O)c1ccc(Cl)c(Cl)c1. The minimum absolute atomic E-state index is 0.116. The van der Waals surface area contributed by atoms with Gasteiger partial charge in [-0.1, -0.05) is 35.4 Å². The number of hydrogen-bond donors (Lipinski definition) is 2. The van der Waals surface area contributed by atoms with Crippen molar-refractivity contribution in [1.29, 1.82) is 0 Å². The van der Waals surface area contributed by atoms with Crippen LogP contribution in [-0.4, -0.2) is 16.9 Å². The lowest BCUT2D eigenvalue weighted by atomic mass is 10.2. The van der Waals surface area contributed by atoms with E-state index >= 15 is 0 Å². The molecule has 3 nitrogen and oxygen atoms in total. The van der Waals surface area contributed by atoms with Gasteiger partial charge in [0, 0.05) is 18.0 Å². The van der Waals surface area contributed by atoms with E-state index in [0.29, 0.717) is 27.0 Å². The Morgan fingerprint density at radius 2 is 2.12 bits per heavy atom. The number of nitrogens with two attached hydrogens (primary N) is 1. The Hall–Kier alpha value is -0.840. The molecule has 0 saturated carbocycles. The third-order valence-corrected chi connectivity index (χ3v) is 2.97. The van der Waals surface area contributed by atoms with Crippen LogP contribution in [0, 0.1) is 0 Å². The minimum atomic E-state index is -0.229. The normalized spacial score (nSPS) is 11.9. The van der Waals surface area contributed by atoms with Crippen LogP contribution in [0.15, 0.2) is 18.2 Å². The standard InChI is InChI=1S/C11H12Cl2N2OS/c1-6(4-10(14)17)15-11(16)7-2-3-8(12)9(13)5-7/h2-3,5-6H,4H2,1H3,(H2,14,17)(H,15,16). The van der Waals surface area contributed by atoms with E-state index in [4.69, 9.17) is 41.2 Å². The lowest BCUT2D eigenvalue weighted by molar-refractivity contribution is 0.0941. The monoisotopic (exact) mass is 290 g/mol. The molecular weight excluding hydrogens is 279 g/mol. The highest BCUT2D eigenvalue weighted by Crippen LogP contribution is 2.22. The van der Waals surface area contributed by atoms with Gasteiger partial charge in [-0.15, -0.1) is 0 Å². The summed E-state index contributed by atoms with van der Waals surface area (Å²) in [6.07, 6.45) is 0.461. The summed E-state index contributed by atoms with van der Waals surface area (Å²) < 4.78 is 0. The fraction of sp³-hybridized carbons (Fsp3) is 0.273. The summed E-state index contributed by atoms with van der Waals surface area (Å²) in [7, 11) is 0.